The molecule has 2 heterocycles. The summed E-state index contributed by atoms with van der Waals surface area (Å²) in [6, 6.07) is 6.85. The van der Waals surface area contributed by atoms with E-state index in [1.54, 1.807) is 24.3 Å². The lowest BCUT2D eigenvalue weighted by molar-refractivity contribution is -0.885. The largest absolute Gasteiger partial charge is 0.418 e. The third-order valence-corrected chi connectivity index (χ3v) is 4.06. The summed E-state index contributed by atoms with van der Waals surface area (Å²) in [5.74, 6) is 0. The standard InChI is InChI=1S/C15H17N3O4/c19-15-14(18(20)21)13(11-5-1-2-6-12(11)22-15)16-7-10-17-8-3-4-9-17/h1-2,5-6,16H,3-4,7-10H2/p+1. The Morgan fingerprint density at radius 3 is 2.73 bits per heavy atom. The molecule has 7 nitrogen and oxygen atoms in total. The molecule has 0 atom stereocenters. The fraction of sp³-hybridized carbons (Fsp3) is 0.400. The van der Waals surface area contributed by atoms with Gasteiger partial charge in [-0.15, -0.1) is 0 Å². The molecule has 0 radical (unpaired) electrons. The van der Waals surface area contributed by atoms with Crippen molar-refractivity contribution in [3.63, 3.8) is 0 Å². The number of rotatable bonds is 5. The van der Waals surface area contributed by atoms with Crippen molar-refractivity contribution in [3.05, 3.63) is 44.8 Å². The van der Waals surface area contributed by atoms with Gasteiger partial charge in [-0.1, -0.05) is 12.1 Å². The normalized spacial score (nSPS) is 15.3. The first-order chi connectivity index (χ1) is 10.7. The van der Waals surface area contributed by atoms with Crippen molar-refractivity contribution in [1.82, 2.24) is 0 Å². The van der Waals surface area contributed by atoms with E-state index in [1.807, 2.05) is 0 Å². The minimum absolute atomic E-state index is 0.260. The zero-order valence-corrected chi connectivity index (χ0v) is 12.1. The maximum Gasteiger partial charge on any atom is 0.417 e. The minimum atomic E-state index is -0.917. The molecule has 0 aliphatic carbocycles. The summed E-state index contributed by atoms with van der Waals surface area (Å²) in [4.78, 5) is 23.9. The fourth-order valence-electron chi connectivity index (χ4n) is 2.97. The van der Waals surface area contributed by atoms with Gasteiger partial charge in [0.05, 0.1) is 31.1 Å². The van der Waals surface area contributed by atoms with Gasteiger partial charge in [0.1, 0.15) is 11.3 Å². The van der Waals surface area contributed by atoms with Gasteiger partial charge in [-0.3, -0.25) is 10.1 Å². The molecule has 0 bridgehead atoms. The topological polar surface area (TPSA) is 89.8 Å². The number of nitrogens with zero attached hydrogens (tertiary/aromatic N) is 1. The molecule has 1 fully saturated rings. The Kier molecular flexibility index (Phi) is 4.06. The summed E-state index contributed by atoms with van der Waals surface area (Å²) < 4.78 is 5.03. The van der Waals surface area contributed by atoms with E-state index < -0.39 is 16.2 Å². The quantitative estimate of drug-likeness (QED) is 0.484. The summed E-state index contributed by atoms with van der Waals surface area (Å²) in [5, 5.41) is 14.8. The Hall–Kier alpha value is -2.41. The zero-order valence-electron chi connectivity index (χ0n) is 12.1. The van der Waals surface area contributed by atoms with Gasteiger partial charge in [-0.2, -0.15) is 0 Å². The van der Waals surface area contributed by atoms with Crippen molar-refractivity contribution in [2.75, 3.05) is 31.5 Å². The van der Waals surface area contributed by atoms with Crippen LogP contribution in [0.25, 0.3) is 11.0 Å². The molecule has 22 heavy (non-hydrogen) atoms. The van der Waals surface area contributed by atoms with Crippen LogP contribution >= 0.6 is 0 Å². The predicted octanol–water partition coefficient (Wildman–Crippen LogP) is 0.792. The highest BCUT2D eigenvalue weighted by Crippen LogP contribution is 2.29. The molecule has 0 unspecified atom stereocenters. The maximum absolute atomic E-state index is 11.9. The van der Waals surface area contributed by atoms with E-state index in [4.69, 9.17) is 4.42 Å². The molecule has 1 aliphatic rings. The third kappa shape index (κ3) is 2.80. The van der Waals surface area contributed by atoms with Gasteiger partial charge in [0, 0.05) is 18.2 Å². The van der Waals surface area contributed by atoms with Gasteiger partial charge in [0.15, 0.2) is 0 Å². The van der Waals surface area contributed by atoms with Gasteiger partial charge in [-0.05, 0) is 12.1 Å². The summed E-state index contributed by atoms with van der Waals surface area (Å²) in [5.41, 5.74) is -0.820. The molecule has 1 aromatic heterocycles. The second kappa shape index (κ2) is 6.15. The molecular formula is C15H18N3O4+. The van der Waals surface area contributed by atoms with E-state index in [2.05, 4.69) is 5.32 Å². The monoisotopic (exact) mass is 304 g/mol. The maximum atomic E-state index is 11.9. The van der Waals surface area contributed by atoms with Crippen molar-refractivity contribution >= 4 is 22.3 Å². The molecule has 0 spiro atoms. The Labute approximate surface area is 126 Å². The number of hydrogen-bond donors (Lipinski definition) is 2. The van der Waals surface area contributed by atoms with Crippen molar-refractivity contribution in [3.8, 4) is 0 Å². The number of nitro groups is 1. The predicted molar refractivity (Wildman–Crippen MR) is 82.4 cm³/mol. The van der Waals surface area contributed by atoms with Gasteiger partial charge < -0.3 is 14.6 Å². The number of hydrogen-bond acceptors (Lipinski definition) is 5. The van der Waals surface area contributed by atoms with Crippen molar-refractivity contribution < 1.29 is 14.2 Å². The molecule has 0 amide bonds. The molecule has 2 aromatic rings. The van der Waals surface area contributed by atoms with E-state index >= 15 is 0 Å². The van der Waals surface area contributed by atoms with Crippen LogP contribution in [0.4, 0.5) is 11.4 Å². The van der Waals surface area contributed by atoms with Crippen LogP contribution in [0.1, 0.15) is 12.8 Å². The molecule has 1 saturated heterocycles. The SMILES string of the molecule is O=c1oc2ccccc2c(NCC[NH+]2CCCC2)c1[N+](=O)[O-]. The van der Waals surface area contributed by atoms with Crippen molar-refractivity contribution in [1.29, 1.82) is 0 Å². The summed E-state index contributed by atoms with van der Waals surface area (Å²) in [6.07, 6.45) is 2.46. The Bertz CT molecular complexity index is 750. The van der Waals surface area contributed by atoms with Gasteiger partial charge in [-0.25, -0.2) is 4.79 Å². The lowest BCUT2D eigenvalue weighted by atomic mass is 10.2. The molecule has 0 saturated carbocycles. The van der Waals surface area contributed by atoms with Crippen molar-refractivity contribution in [2.24, 2.45) is 0 Å². The molecule has 1 aromatic carbocycles. The van der Waals surface area contributed by atoms with Crippen LogP contribution in [-0.2, 0) is 0 Å². The first-order valence-corrected chi connectivity index (χ1v) is 7.44. The summed E-state index contributed by atoms with van der Waals surface area (Å²) in [6.45, 7) is 3.75. The van der Waals surface area contributed by atoms with Crippen LogP contribution in [0.5, 0.6) is 0 Å². The molecule has 3 rings (SSSR count). The second-order valence-corrected chi connectivity index (χ2v) is 5.50. The highest BCUT2D eigenvalue weighted by atomic mass is 16.6. The number of likely N-dealkylation sites (tertiary alicyclic amines) is 1. The smallest absolute Gasteiger partial charge is 0.417 e. The molecule has 2 N–H and O–H groups in total. The first-order valence-electron chi connectivity index (χ1n) is 7.44. The Morgan fingerprint density at radius 1 is 1.27 bits per heavy atom. The average molecular weight is 304 g/mol. The molecule has 1 aliphatic heterocycles. The minimum Gasteiger partial charge on any atom is -0.418 e. The molecule has 7 heteroatoms. The lowest BCUT2D eigenvalue weighted by Gasteiger charge is -2.13. The third-order valence-electron chi connectivity index (χ3n) is 4.06. The number of fused-ring (bicyclic) bond motifs is 1. The number of anilines is 1. The number of benzene rings is 1. The van der Waals surface area contributed by atoms with E-state index in [0.29, 0.717) is 17.5 Å². The van der Waals surface area contributed by atoms with Gasteiger partial charge >= 0.3 is 11.3 Å². The van der Waals surface area contributed by atoms with Crippen LogP contribution in [0, 0.1) is 10.1 Å². The van der Waals surface area contributed by atoms with E-state index in [1.165, 1.54) is 17.7 Å². The highest BCUT2D eigenvalue weighted by Gasteiger charge is 2.25. The highest BCUT2D eigenvalue weighted by molar-refractivity contribution is 5.94. The second-order valence-electron chi connectivity index (χ2n) is 5.50. The molecular weight excluding hydrogens is 286 g/mol. The zero-order chi connectivity index (χ0) is 15.5. The van der Waals surface area contributed by atoms with E-state index in [-0.39, 0.29) is 5.69 Å². The van der Waals surface area contributed by atoms with Crippen molar-refractivity contribution in [2.45, 2.75) is 12.8 Å². The Balaban J connectivity index is 1.92. The fourth-order valence-corrected chi connectivity index (χ4v) is 2.97. The van der Waals surface area contributed by atoms with Gasteiger partial charge in [0.2, 0.25) is 0 Å². The lowest BCUT2D eigenvalue weighted by Crippen LogP contribution is -3.10. The number of quaternary nitrogens is 1. The summed E-state index contributed by atoms with van der Waals surface area (Å²) in [7, 11) is 0. The van der Waals surface area contributed by atoms with E-state index in [9.17, 15) is 14.9 Å². The Morgan fingerprint density at radius 2 is 2.00 bits per heavy atom. The first kappa shape index (κ1) is 14.5. The van der Waals surface area contributed by atoms with Crippen LogP contribution in [-0.4, -0.2) is 31.1 Å². The van der Waals surface area contributed by atoms with Crippen LogP contribution in [0.15, 0.2) is 33.5 Å². The average Bonchev–Trinajstić information content (AvgIpc) is 2.99. The molecule has 116 valence electrons. The van der Waals surface area contributed by atoms with Gasteiger partial charge in [0.25, 0.3) is 0 Å². The summed E-state index contributed by atoms with van der Waals surface area (Å²) >= 11 is 0. The number of nitrogens with one attached hydrogen (secondary N) is 2. The number of para-hydroxylation sites is 1. The van der Waals surface area contributed by atoms with Crippen LogP contribution in [0.3, 0.4) is 0 Å². The van der Waals surface area contributed by atoms with Crippen LogP contribution in [0.2, 0.25) is 0 Å². The van der Waals surface area contributed by atoms with Crippen LogP contribution < -0.4 is 15.8 Å². The van der Waals surface area contributed by atoms with E-state index in [0.717, 1.165) is 19.6 Å².